The van der Waals surface area contributed by atoms with Gasteiger partial charge in [0.15, 0.2) is 6.61 Å². The van der Waals surface area contributed by atoms with Gasteiger partial charge in [0.25, 0.3) is 5.91 Å². The Hall–Kier alpha value is -2.49. The van der Waals surface area contributed by atoms with Crippen molar-refractivity contribution in [2.45, 2.75) is 31.9 Å². The van der Waals surface area contributed by atoms with Crippen molar-refractivity contribution in [3.05, 3.63) is 60.2 Å². The fourth-order valence-electron chi connectivity index (χ4n) is 2.83. The van der Waals surface area contributed by atoms with Crippen molar-refractivity contribution in [2.75, 3.05) is 6.61 Å². The molecule has 0 saturated heterocycles. The molecule has 0 radical (unpaired) electrons. The molecule has 2 aromatic carbocycles. The number of fused-ring (bicyclic) bond motifs is 1. The average molecular weight is 311 g/mol. The molecule has 0 fully saturated rings. The fraction of sp³-hybridized carbons (Fsp3) is 0.316. The molecule has 1 atom stereocenters. The van der Waals surface area contributed by atoms with Gasteiger partial charge in [0.1, 0.15) is 17.1 Å². The van der Waals surface area contributed by atoms with Crippen LogP contribution in [0.4, 0.5) is 0 Å². The van der Waals surface area contributed by atoms with Gasteiger partial charge in [0, 0.05) is 12.0 Å². The first-order valence-electron chi connectivity index (χ1n) is 7.79. The topological polar surface area (TPSA) is 47.6 Å². The highest BCUT2D eigenvalue weighted by molar-refractivity contribution is 5.78. The van der Waals surface area contributed by atoms with Crippen LogP contribution in [0.3, 0.4) is 0 Å². The van der Waals surface area contributed by atoms with Crippen LogP contribution in [0, 0.1) is 0 Å². The van der Waals surface area contributed by atoms with E-state index in [-0.39, 0.29) is 24.2 Å². The molecule has 3 rings (SSSR count). The summed E-state index contributed by atoms with van der Waals surface area (Å²) in [4.78, 5) is 12.2. The molecule has 0 aromatic heterocycles. The summed E-state index contributed by atoms with van der Waals surface area (Å²) in [5.41, 5.74) is 0.701. The van der Waals surface area contributed by atoms with Gasteiger partial charge in [-0.2, -0.15) is 0 Å². The maximum Gasteiger partial charge on any atom is 0.258 e. The summed E-state index contributed by atoms with van der Waals surface area (Å²) >= 11 is 0. The van der Waals surface area contributed by atoms with E-state index in [1.807, 2.05) is 68.4 Å². The fourth-order valence-corrected chi connectivity index (χ4v) is 2.83. The summed E-state index contributed by atoms with van der Waals surface area (Å²) in [5, 5.41) is 3.06. The van der Waals surface area contributed by atoms with E-state index in [0.717, 1.165) is 17.7 Å². The van der Waals surface area contributed by atoms with Crippen LogP contribution in [-0.2, 0) is 4.79 Å². The summed E-state index contributed by atoms with van der Waals surface area (Å²) < 4.78 is 11.5. The van der Waals surface area contributed by atoms with E-state index in [0.29, 0.717) is 5.75 Å². The van der Waals surface area contributed by atoms with Gasteiger partial charge < -0.3 is 14.8 Å². The van der Waals surface area contributed by atoms with Gasteiger partial charge in [-0.05, 0) is 32.0 Å². The predicted octanol–water partition coefficient (Wildman–Crippen LogP) is 3.48. The van der Waals surface area contributed by atoms with Crippen LogP contribution in [0.5, 0.6) is 11.5 Å². The first kappa shape index (κ1) is 15.4. The third kappa shape index (κ3) is 3.83. The summed E-state index contributed by atoms with van der Waals surface area (Å²) in [6.07, 6.45) is 0.723. The number of hydrogen-bond donors (Lipinski definition) is 1. The van der Waals surface area contributed by atoms with Crippen molar-refractivity contribution in [1.29, 1.82) is 0 Å². The Morgan fingerprint density at radius 1 is 1.17 bits per heavy atom. The zero-order valence-corrected chi connectivity index (χ0v) is 13.4. The van der Waals surface area contributed by atoms with E-state index in [2.05, 4.69) is 5.32 Å². The third-order valence-corrected chi connectivity index (χ3v) is 3.82. The number of rotatable bonds is 4. The number of nitrogens with one attached hydrogen (secondary N) is 1. The van der Waals surface area contributed by atoms with Gasteiger partial charge in [-0.15, -0.1) is 0 Å². The smallest absolute Gasteiger partial charge is 0.258 e. The molecule has 120 valence electrons. The van der Waals surface area contributed by atoms with Crippen molar-refractivity contribution >= 4 is 5.91 Å². The standard InChI is InChI=1S/C19H21NO3/c1-19(2)12-16(15-10-6-7-11-17(15)23-19)20-18(21)13-22-14-8-4-3-5-9-14/h3-11,16H,12-13H2,1-2H3,(H,20,21)/t16-/m1/s1. The van der Waals surface area contributed by atoms with Gasteiger partial charge in [-0.3, -0.25) is 4.79 Å². The monoisotopic (exact) mass is 311 g/mol. The van der Waals surface area contributed by atoms with Gasteiger partial charge in [0.2, 0.25) is 0 Å². The molecule has 1 aliphatic rings. The lowest BCUT2D eigenvalue weighted by atomic mass is 9.90. The number of carbonyl (C=O) groups excluding carboxylic acids is 1. The van der Waals surface area contributed by atoms with Crippen molar-refractivity contribution in [3.8, 4) is 11.5 Å². The molecule has 1 heterocycles. The van der Waals surface area contributed by atoms with Crippen LogP contribution >= 0.6 is 0 Å². The summed E-state index contributed by atoms with van der Waals surface area (Å²) in [6.45, 7) is 4.06. The summed E-state index contributed by atoms with van der Waals surface area (Å²) in [6, 6.07) is 17.1. The van der Waals surface area contributed by atoms with Crippen molar-refractivity contribution in [2.24, 2.45) is 0 Å². The van der Waals surface area contributed by atoms with Crippen molar-refractivity contribution < 1.29 is 14.3 Å². The van der Waals surface area contributed by atoms with Gasteiger partial charge in [0.05, 0.1) is 6.04 Å². The highest BCUT2D eigenvalue weighted by Gasteiger charge is 2.34. The Balaban J connectivity index is 1.66. The van der Waals surface area contributed by atoms with Crippen LogP contribution in [0.1, 0.15) is 31.9 Å². The lowest BCUT2D eigenvalue weighted by molar-refractivity contribution is -0.124. The van der Waals surface area contributed by atoms with E-state index < -0.39 is 0 Å². The van der Waals surface area contributed by atoms with Crippen LogP contribution in [0.2, 0.25) is 0 Å². The number of hydrogen-bond acceptors (Lipinski definition) is 3. The summed E-state index contributed by atoms with van der Waals surface area (Å²) in [5.74, 6) is 1.39. The normalized spacial score (nSPS) is 18.4. The zero-order valence-electron chi connectivity index (χ0n) is 13.4. The average Bonchev–Trinajstić information content (AvgIpc) is 2.53. The highest BCUT2D eigenvalue weighted by atomic mass is 16.5. The second-order valence-electron chi connectivity index (χ2n) is 6.33. The molecule has 1 N–H and O–H groups in total. The number of amides is 1. The molecule has 2 aromatic rings. The Labute approximate surface area is 136 Å². The van der Waals surface area contributed by atoms with E-state index in [1.165, 1.54) is 0 Å². The Morgan fingerprint density at radius 3 is 2.65 bits per heavy atom. The Morgan fingerprint density at radius 2 is 1.87 bits per heavy atom. The molecule has 1 amide bonds. The molecule has 0 bridgehead atoms. The number of para-hydroxylation sites is 2. The van der Waals surface area contributed by atoms with E-state index in [4.69, 9.17) is 9.47 Å². The molecule has 23 heavy (non-hydrogen) atoms. The van der Waals surface area contributed by atoms with Gasteiger partial charge >= 0.3 is 0 Å². The third-order valence-electron chi connectivity index (χ3n) is 3.82. The zero-order chi connectivity index (χ0) is 16.3. The van der Waals surface area contributed by atoms with E-state index >= 15 is 0 Å². The maximum absolute atomic E-state index is 12.2. The van der Waals surface area contributed by atoms with Crippen molar-refractivity contribution in [1.82, 2.24) is 5.32 Å². The van der Waals surface area contributed by atoms with Gasteiger partial charge in [-0.25, -0.2) is 0 Å². The number of ether oxygens (including phenoxy) is 2. The largest absolute Gasteiger partial charge is 0.487 e. The lowest BCUT2D eigenvalue weighted by Crippen LogP contribution is -2.42. The first-order chi connectivity index (χ1) is 11.0. The molecule has 0 saturated carbocycles. The molecule has 1 aliphatic heterocycles. The molecule has 0 aliphatic carbocycles. The Kier molecular flexibility index (Phi) is 4.24. The SMILES string of the molecule is CC1(C)C[C@@H](NC(=O)COc2ccccc2)c2ccccc2O1. The van der Waals surface area contributed by atoms with Crippen LogP contribution in [-0.4, -0.2) is 18.1 Å². The highest BCUT2D eigenvalue weighted by Crippen LogP contribution is 2.39. The van der Waals surface area contributed by atoms with E-state index in [9.17, 15) is 4.79 Å². The molecule has 0 spiro atoms. The molecule has 0 unspecified atom stereocenters. The Bertz CT molecular complexity index is 682. The second kappa shape index (κ2) is 6.32. The minimum Gasteiger partial charge on any atom is -0.487 e. The predicted molar refractivity (Wildman–Crippen MR) is 88.6 cm³/mol. The van der Waals surface area contributed by atoms with Crippen LogP contribution in [0.15, 0.2) is 54.6 Å². The minimum atomic E-state index is -0.313. The number of carbonyl (C=O) groups is 1. The van der Waals surface area contributed by atoms with Crippen LogP contribution < -0.4 is 14.8 Å². The number of benzene rings is 2. The van der Waals surface area contributed by atoms with Gasteiger partial charge in [-0.1, -0.05) is 36.4 Å². The van der Waals surface area contributed by atoms with Crippen LogP contribution in [0.25, 0.3) is 0 Å². The van der Waals surface area contributed by atoms with E-state index in [1.54, 1.807) is 0 Å². The second-order valence-corrected chi connectivity index (χ2v) is 6.33. The maximum atomic E-state index is 12.2. The minimum absolute atomic E-state index is 0.00393. The summed E-state index contributed by atoms with van der Waals surface area (Å²) in [7, 11) is 0. The molecular formula is C19H21NO3. The first-order valence-corrected chi connectivity index (χ1v) is 7.79. The quantitative estimate of drug-likeness (QED) is 0.940. The molecular weight excluding hydrogens is 290 g/mol. The molecule has 4 nitrogen and oxygen atoms in total. The van der Waals surface area contributed by atoms with Crippen molar-refractivity contribution in [3.63, 3.8) is 0 Å². The molecule has 4 heteroatoms. The lowest BCUT2D eigenvalue weighted by Gasteiger charge is -2.37.